The van der Waals surface area contributed by atoms with Crippen LogP contribution in [-0.4, -0.2) is 36.4 Å². The SMILES string of the molecule is CC(=O)OCCC(O)COC(C)=O. The summed E-state index contributed by atoms with van der Waals surface area (Å²) >= 11 is 0. The van der Waals surface area contributed by atoms with E-state index in [9.17, 15) is 9.59 Å². The number of carbonyl (C=O) groups excluding carboxylic acids is 2. The Bertz CT molecular complexity index is 177. The molecule has 76 valence electrons. The molecule has 0 rings (SSSR count). The monoisotopic (exact) mass is 190 g/mol. The lowest BCUT2D eigenvalue weighted by Gasteiger charge is -2.09. The van der Waals surface area contributed by atoms with Crippen LogP contribution in [0, 0.1) is 0 Å². The van der Waals surface area contributed by atoms with Gasteiger partial charge in [0.25, 0.3) is 0 Å². The van der Waals surface area contributed by atoms with Gasteiger partial charge < -0.3 is 14.6 Å². The molecule has 0 aromatic heterocycles. The van der Waals surface area contributed by atoms with Crippen LogP contribution in [0.5, 0.6) is 0 Å². The molecule has 1 unspecified atom stereocenters. The van der Waals surface area contributed by atoms with Gasteiger partial charge in [-0.25, -0.2) is 0 Å². The summed E-state index contributed by atoms with van der Waals surface area (Å²) < 4.78 is 9.11. The van der Waals surface area contributed by atoms with Crippen LogP contribution in [0.1, 0.15) is 20.3 Å². The van der Waals surface area contributed by atoms with Crippen molar-refractivity contribution in [3.63, 3.8) is 0 Å². The van der Waals surface area contributed by atoms with Gasteiger partial charge in [-0.15, -0.1) is 0 Å². The maximum atomic E-state index is 10.3. The van der Waals surface area contributed by atoms with Crippen LogP contribution in [0.15, 0.2) is 0 Å². The number of ether oxygens (including phenoxy) is 2. The van der Waals surface area contributed by atoms with Gasteiger partial charge in [0.2, 0.25) is 0 Å². The second-order valence-corrected chi connectivity index (χ2v) is 2.59. The molecule has 5 heteroatoms. The number of carbonyl (C=O) groups is 2. The molecule has 0 radical (unpaired) electrons. The molecule has 1 N–H and O–H groups in total. The average molecular weight is 190 g/mol. The highest BCUT2D eigenvalue weighted by Crippen LogP contribution is 1.94. The molecule has 0 aromatic rings. The van der Waals surface area contributed by atoms with Gasteiger partial charge in [0, 0.05) is 20.3 Å². The predicted octanol–water partition coefficient (Wildman–Crippen LogP) is -0.136. The Kier molecular flexibility index (Phi) is 5.88. The molecule has 0 aliphatic heterocycles. The van der Waals surface area contributed by atoms with Crippen molar-refractivity contribution in [1.29, 1.82) is 0 Å². The smallest absolute Gasteiger partial charge is 0.302 e. The Balaban J connectivity index is 3.35. The average Bonchev–Trinajstić information content (AvgIpc) is 2.00. The largest absolute Gasteiger partial charge is 0.466 e. The Morgan fingerprint density at radius 3 is 2.23 bits per heavy atom. The van der Waals surface area contributed by atoms with Crippen molar-refractivity contribution in [3.8, 4) is 0 Å². The third kappa shape index (κ3) is 8.81. The first kappa shape index (κ1) is 11.9. The van der Waals surface area contributed by atoms with Gasteiger partial charge in [-0.3, -0.25) is 9.59 Å². The van der Waals surface area contributed by atoms with Crippen molar-refractivity contribution in [2.24, 2.45) is 0 Å². The Morgan fingerprint density at radius 1 is 1.23 bits per heavy atom. The molecule has 0 bridgehead atoms. The van der Waals surface area contributed by atoms with Crippen LogP contribution in [0.3, 0.4) is 0 Å². The minimum absolute atomic E-state index is 0.0589. The minimum Gasteiger partial charge on any atom is -0.466 e. The van der Waals surface area contributed by atoms with E-state index in [-0.39, 0.29) is 25.6 Å². The summed E-state index contributed by atoms with van der Waals surface area (Å²) in [5.74, 6) is -0.828. The minimum atomic E-state index is -0.775. The molecule has 0 saturated carbocycles. The van der Waals surface area contributed by atoms with Crippen molar-refractivity contribution >= 4 is 11.9 Å². The first-order chi connectivity index (χ1) is 6.02. The molecule has 0 amide bonds. The summed E-state index contributed by atoms with van der Waals surface area (Å²) in [6.07, 6.45) is -0.504. The Morgan fingerprint density at radius 2 is 1.77 bits per heavy atom. The number of hydrogen-bond donors (Lipinski definition) is 1. The van der Waals surface area contributed by atoms with E-state index in [0.717, 1.165) is 0 Å². The second kappa shape index (κ2) is 6.42. The molecule has 0 heterocycles. The zero-order chi connectivity index (χ0) is 10.3. The summed E-state index contributed by atoms with van der Waals surface area (Å²) in [4.78, 5) is 20.6. The highest BCUT2D eigenvalue weighted by atomic mass is 16.5. The lowest BCUT2D eigenvalue weighted by Crippen LogP contribution is -2.19. The van der Waals surface area contributed by atoms with E-state index in [1.807, 2.05) is 0 Å². The van der Waals surface area contributed by atoms with Gasteiger partial charge in [-0.05, 0) is 0 Å². The zero-order valence-electron chi connectivity index (χ0n) is 7.78. The standard InChI is InChI=1S/C8H14O5/c1-6(9)12-4-3-8(11)5-13-7(2)10/h8,11H,3-5H2,1-2H3. The van der Waals surface area contributed by atoms with Crippen molar-refractivity contribution < 1.29 is 24.2 Å². The molecular weight excluding hydrogens is 176 g/mol. The van der Waals surface area contributed by atoms with Crippen LogP contribution >= 0.6 is 0 Å². The third-order valence-corrected chi connectivity index (χ3v) is 1.24. The molecule has 5 nitrogen and oxygen atoms in total. The molecule has 0 aliphatic carbocycles. The predicted molar refractivity (Wildman–Crippen MR) is 43.9 cm³/mol. The maximum absolute atomic E-state index is 10.3. The lowest BCUT2D eigenvalue weighted by atomic mass is 10.3. The molecule has 0 aromatic carbocycles. The van der Waals surface area contributed by atoms with Gasteiger partial charge in [-0.1, -0.05) is 0 Å². The van der Waals surface area contributed by atoms with E-state index in [1.165, 1.54) is 13.8 Å². The lowest BCUT2D eigenvalue weighted by molar-refractivity contribution is -0.146. The van der Waals surface area contributed by atoms with Crippen LogP contribution in [-0.2, 0) is 19.1 Å². The maximum Gasteiger partial charge on any atom is 0.302 e. The van der Waals surface area contributed by atoms with E-state index in [4.69, 9.17) is 5.11 Å². The van der Waals surface area contributed by atoms with Gasteiger partial charge in [-0.2, -0.15) is 0 Å². The number of esters is 2. The zero-order valence-corrected chi connectivity index (χ0v) is 7.78. The molecule has 13 heavy (non-hydrogen) atoms. The molecular formula is C8H14O5. The van der Waals surface area contributed by atoms with Crippen LogP contribution in [0.25, 0.3) is 0 Å². The summed E-state index contributed by atoms with van der Waals surface area (Å²) in [5, 5.41) is 9.14. The highest BCUT2D eigenvalue weighted by molar-refractivity contribution is 5.66. The van der Waals surface area contributed by atoms with E-state index in [0.29, 0.717) is 0 Å². The van der Waals surface area contributed by atoms with Gasteiger partial charge in [0.05, 0.1) is 12.7 Å². The Labute approximate surface area is 76.6 Å². The molecule has 0 spiro atoms. The molecule has 0 fully saturated rings. The van der Waals surface area contributed by atoms with E-state index < -0.39 is 12.1 Å². The quantitative estimate of drug-likeness (QED) is 0.611. The first-order valence-electron chi connectivity index (χ1n) is 3.97. The van der Waals surface area contributed by atoms with Crippen LogP contribution < -0.4 is 0 Å². The number of hydrogen-bond acceptors (Lipinski definition) is 5. The Hall–Kier alpha value is -1.10. The van der Waals surface area contributed by atoms with Crippen molar-refractivity contribution in [2.75, 3.05) is 13.2 Å². The fraction of sp³-hybridized carbons (Fsp3) is 0.750. The van der Waals surface area contributed by atoms with Crippen LogP contribution in [0.2, 0.25) is 0 Å². The summed E-state index contributed by atoms with van der Waals surface area (Å²) in [7, 11) is 0. The fourth-order valence-electron chi connectivity index (χ4n) is 0.636. The van der Waals surface area contributed by atoms with Crippen molar-refractivity contribution in [2.45, 2.75) is 26.4 Å². The second-order valence-electron chi connectivity index (χ2n) is 2.59. The van der Waals surface area contributed by atoms with Crippen molar-refractivity contribution in [1.82, 2.24) is 0 Å². The number of aliphatic hydroxyl groups is 1. The normalized spacial score (nSPS) is 11.9. The highest BCUT2D eigenvalue weighted by Gasteiger charge is 2.06. The van der Waals surface area contributed by atoms with Crippen LogP contribution in [0.4, 0.5) is 0 Å². The van der Waals surface area contributed by atoms with E-state index in [1.54, 1.807) is 0 Å². The third-order valence-electron chi connectivity index (χ3n) is 1.24. The summed E-state index contributed by atoms with van der Waals surface area (Å²) in [5.41, 5.74) is 0. The topological polar surface area (TPSA) is 72.8 Å². The summed E-state index contributed by atoms with van der Waals surface area (Å²) in [6.45, 7) is 2.63. The first-order valence-corrected chi connectivity index (χ1v) is 3.97. The van der Waals surface area contributed by atoms with E-state index in [2.05, 4.69) is 9.47 Å². The molecule has 0 saturated heterocycles. The fourth-order valence-corrected chi connectivity index (χ4v) is 0.636. The molecule has 1 atom stereocenters. The molecule has 0 aliphatic rings. The van der Waals surface area contributed by atoms with Gasteiger partial charge in [0.1, 0.15) is 6.61 Å². The number of rotatable bonds is 5. The van der Waals surface area contributed by atoms with Gasteiger partial charge in [0.15, 0.2) is 0 Å². The van der Waals surface area contributed by atoms with Crippen molar-refractivity contribution in [3.05, 3.63) is 0 Å². The van der Waals surface area contributed by atoms with Gasteiger partial charge >= 0.3 is 11.9 Å². The summed E-state index contributed by atoms with van der Waals surface area (Å²) in [6, 6.07) is 0. The van der Waals surface area contributed by atoms with E-state index >= 15 is 0 Å². The number of aliphatic hydroxyl groups excluding tert-OH is 1.